The lowest BCUT2D eigenvalue weighted by Crippen LogP contribution is -2.60. The molecule has 0 aromatic carbocycles. The normalized spacial score (nSPS) is 45.9. The van der Waals surface area contributed by atoms with Crippen molar-refractivity contribution in [2.75, 3.05) is 0 Å². The molecule has 0 heterocycles. The van der Waals surface area contributed by atoms with Crippen LogP contribution in [-0.4, -0.2) is 27.7 Å². The zero-order valence-corrected chi connectivity index (χ0v) is 22.4. The molecule has 0 saturated heterocycles. The molecular weight excluding hydrogens is 408 g/mol. The predicted molar refractivity (Wildman–Crippen MR) is 135 cm³/mol. The molecule has 8 unspecified atom stereocenters. The van der Waals surface area contributed by atoms with Crippen molar-refractivity contribution in [3.05, 3.63) is 23.8 Å². The van der Waals surface area contributed by atoms with E-state index in [4.69, 9.17) is 0 Å². The Morgan fingerprint density at radius 3 is 2.39 bits per heavy atom. The maximum Gasteiger partial charge on any atom is 0.159 e. The van der Waals surface area contributed by atoms with Gasteiger partial charge in [0, 0.05) is 11.3 Å². The van der Waals surface area contributed by atoms with Crippen LogP contribution in [0.2, 0.25) is 0 Å². The van der Waals surface area contributed by atoms with Gasteiger partial charge in [0.1, 0.15) is 0 Å². The van der Waals surface area contributed by atoms with Crippen LogP contribution in [0.3, 0.4) is 0 Å². The van der Waals surface area contributed by atoms with Crippen LogP contribution in [0.5, 0.6) is 0 Å². The van der Waals surface area contributed by atoms with Crippen LogP contribution in [0.15, 0.2) is 23.8 Å². The number of ketones is 1. The Morgan fingerprint density at radius 2 is 1.76 bits per heavy atom. The third-order valence-corrected chi connectivity index (χ3v) is 11.3. The van der Waals surface area contributed by atoms with Crippen molar-refractivity contribution in [1.29, 1.82) is 0 Å². The molecule has 33 heavy (non-hydrogen) atoms. The molecule has 0 spiro atoms. The van der Waals surface area contributed by atoms with E-state index in [2.05, 4.69) is 53.7 Å². The fraction of sp³-hybridized carbons (Fsp3) is 0.833. The molecule has 8 atom stereocenters. The van der Waals surface area contributed by atoms with E-state index in [1.165, 1.54) is 18.4 Å². The van der Waals surface area contributed by atoms with Gasteiger partial charge in [0.25, 0.3) is 0 Å². The average molecular weight is 457 g/mol. The highest BCUT2D eigenvalue weighted by Gasteiger charge is 2.66. The van der Waals surface area contributed by atoms with Crippen molar-refractivity contribution in [2.24, 2.45) is 45.3 Å². The fourth-order valence-electron chi connectivity index (χ4n) is 9.28. The first kappa shape index (κ1) is 25.2. The minimum absolute atomic E-state index is 0.0482. The fourth-order valence-corrected chi connectivity index (χ4v) is 9.28. The van der Waals surface area contributed by atoms with Gasteiger partial charge in [-0.2, -0.15) is 0 Å². The van der Waals surface area contributed by atoms with E-state index in [0.717, 1.165) is 32.1 Å². The molecule has 2 N–H and O–H groups in total. The molecule has 4 rings (SSSR count). The minimum Gasteiger partial charge on any atom is -0.393 e. The summed E-state index contributed by atoms with van der Waals surface area (Å²) in [5, 5.41) is 20.8. The van der Waals surface area contributed by atoms with Crippen LogP contribution in [0.4, 0.5) is 0 Å². The third kappa shape index (κ3) is 3.63. The van der Waals surface area contributed by atoms with E-state index in [0.29, 0.717) is 17.8 Å². The van der Waals surface area contributed by atoms with Crippen molar-refractivity contribution >= 4 is 5.78 Å². The van der Waals surface area contributed by atoms with Gasteiger partial charge in [0.2, 0.25) is 0 Å². The van der Waals surface area contributed by atoms with Crippen LogP contribution in [0.25, 0.3) is 0 Å². The first-order valence-electron chi connectivity index (χ1n) is 13.4. The smallest absolute Gasteiger partial charge is 0.159 e. The summed E-state index contributed by atoms with van der Waals surface area (Å²) < 4.78 is 0. The van der Waals surface area contributed by atoms with Crippen LogP contribution >= 0.6 is 0 Å². The van der Waals surface area contributed by atoms with Crippen molar-refractivity contribution in [3.63, 3.8) is 0 Å². The number of aliphatic hydroxyl groups excluding tert-OH is 1. The van der Waals surface area contributed by atoms with Gasteiger partial charge in [-0.25, -0.2) is 0 Å². The molecule has 186 valence electrons. The number of allylic oxidation sites excluding steroid dienone is 3. The molecule has 3 fully saturated rings. The Balaban J connectivity index is 1.67. The first-order chi connectivity index (χ1) is 15.1. The van der Waals surface area contributed by atoms with Crippen molar-refractivity contribution in [2.45, 2.75) is 112 Å². The number of aliphatic hydroxyl groups is 2. The van der Waals surface area contributed by atoms with Gasteiger partial charge in [-0.1, -0.05) is 59.3 Å². The third-order valence-electron chi connectivity index (χ3n) is 11.3. The van der Waals surface area contributed by atoms with Gasteiger partial charge < -0.3 is 10.2 Å². The van der Waals surface area contributed by atoms with E-state index in [1.54, 1.807) is 0 Å². The highest BCUT2D eigenvalue weighted by molar-refractivity contribution is 5.95. The van der Waals surface area contributed by atoms with E-state index in [9.17, 15) is 15.0 Å². The molecule has 3 heteroatoms. The highest BCUT2D eigenvalue weighted by Crippen LogP contribution is 2.72. The predicted octanol–water partition coefficient (Wildman–Crippen LogP) is 6.48. The summed E-state index contributed by atoms with van der Waals surface area (Å²) in [4.78, 5) is 13.7. The summed E-state index contributed by atoms with van der Waals surface area (Å²) >= 11 is 0. The SMILES string of the molecule is CC(CC=CC(C)(C)O)C1CCC2(C)C3=CC(=O)C4C(C)(C)C(O)CCC4(C)C3CCC12C. The van der Waals surface area contributed by atoms with Gasteiger partial charge in [0.15, 0.2) is 5.78 Å². The van der Waals surface area contributed by atoms with Crippen LogP contribution in [-0.2, 0) is 4.79 Å². The molecule has 0 amide bonds. The average Bonchev–Trinajstić information content (AvgIpc) is 2.96. The number of carbonyl (C=O) groups excluding carboxylic acids is 1. The molecule has 0 aromatic rings. The maximum atomic E-state index is 13.7. The number of rotatable bonds is 4. The topological polar surface area (TPSA) is 57.5 Å². The lowest BCUT2D eigenvalue weighted by atomic mass is 9.40. The highest BCUT2D eigenvalue weighted by atomic mass is 16.3. The monoisotopic (exact) mass is 456 g/mol. The van der Waals surface area contributed by atoms with Gasteiger partial charge in [-0.3, -0.25) is 4.79 Å². The van der Waals surface area contributed by atoms with Gasteiger partial charge >= 0.3 is 0 Å². The molecule has 0 aromatic heterocycles. The number of hydrogen-bond donors (Lipinski definition) is 2. The van der Waals surface area contributed by atoms with Crippen molar-refractivity contribution in [1.82, 2.24) is 0 Å². The number of carbonyl (C=O) groups is 1. The molecular formula is C30H48O3. The van der Waals surface area contributed by atoms with Crippen molar-refractivity contribution < 1.29 is 15.0 Å². The Kier molecular flexibility index (Phi) is 5.94. The zero-order chi connectivity index (χ0) is 24.6. The lowest BCUT2D eigenvalue weighted by Gasteiger charge is -2.63. The Hall–Kier alpha value is -0.930. The van der Waals surface area contributed by atoms with Gasteiger partial charge in [-0.05, 0) is 98.9 Å². The van der Waals surface area contributed by atoms with E-state index < -0.39 is 11.7 Å². The van der Waals surface area contributed by atoms with E-state index >= 15 is 0 Å². The minimum atomic E-state index is -0.757. The standard InChI is InChI=1S/C30H48O3/c1-19(10-9-14-26(2,3)33)20-11-16-30(8)22-18-23(31)25-27(4,5)24(32)13-15-28(25,6)21(22)12-17-29(20,30)7/h9,14,18-21,24-25,32-33H,10-13,15-17H2,1-8H3. The molecule has 4 aliphatic carbocycles. The second kappa shape index (κ2) is 7.79. The Morgan fingerprint density at radius 1 is 1.09 bits per heavy atom. The van der Waals surface area contributed by atoms with Crippen molar-refractivity contribution in [3.8, 4) is 0 Å². The molecule has 3 saturated carbocycles. The molecule has 0 radical (unpaired) electrons. The number of fused-ring (bicyclic) bond motifs is 5. The van der Waals surface area contributed by atoms with Gasteiger partial charge in [-0.15, -0.1) is 0 Å². The Labute approximate surface area is 202 Å². The van der Waals surface area contributed by atoms with Crippen LogP contribution < -0.4 is 0 Å². The second-order valence-electron chi connectivity index (χ2n) is 14.1. The maximum absolute atomic E-state index is 13.7. The second-order valence-corrected chi connectivity index (χ2v) is 14.1. The number of hydrogen-bond acceptors (Lipinski definition) is 3. The molecule has 4 aliphatic rings. The summed E-state index contributed by atoms with van der Waals surface area (Å²) in [6.45, 7) is 17.6. The summed E-state index contributed by atoms with van der Waals surface area (Å²) in [6.07, 6.45) is 13.3. The van der Waals surface area contributed by atoms with E-state index in [1.807, 2.05) is 19.9 Å². The summed E-state index contributed by atoms with van der Waals surface area (Å²) in [5.74, 6) is 1.82. The van der Waals surface area contributed by atoms with Gasteiger partial charge in [0.05, 0.1) is 11.7 Å². The quantitative estimate of drug-likeness (QED) is 0.476. The Bertz CT molecular complexity index is 860. The largest absolute Gasteiger partial charge is 0.393 e. The summed E-state index contributed by atoms with van der Waals surface area (Å²) in [6, 6.07) is 0. The summed E-state index contributed by atoms with van der Waals surface area (Å²) in [7, 11) is 0. The van der Waals surface area contributed by atoms with Crippen LogP contribution in [0.1, 0.15) is 100 Å². The molecule has 3 nitrogen and oxygen atoms in total. The summed E-state index contributed by atoms with van der Waals surface area (Å²) in [5.41, 5.74) is 0.532. The van der Waals surface area contributed by atoms with E-state index in [-0.39, 0.29) is 33.4 Å². The molecule has 0 aliphatic heterocycles. The first-order valence-corrected chi connectivity index (χ1v) is 13.4. The van der Waals surface area contributed by atoms with Crippen LogP contribution in [0, 0.1) is 45.3 Å². The zero-order valence-electron chi connectivity index (χ0n) is 22.4. The molecule has 0 bridgehead atoms. The lowest BCUT2D eigenvalue weighted by molar-refractivity contribution is -0.157.